The average molecular weight is 342 g/mol. The monoisotopic (exact) mass is 342 g/mol. The average Bonchev–Trinajstić information content (AvgIpc) is 3.21. The van der Waals surface area contributed by atoms with Crippen molar-refractivity contribution >= 4 is 0 Å². The first-order chi connectivity index (χ1) is 12.2. The Morgan fingerprint density at radius 1 is 1.12 bits per heavy atom. The van der Waals surface area contributed by atoms with Gasteiger partial charge in [0.1, 0.15) is 0 Å². The van der Waals surface area contributed by atoms with Crippen molar-refractivity contribution < 1.29 is 14.6 Å². The summed E-state index contributed by atoms with van der Waals surface area (Å²) in [6, 6.07) is 6.96. The van der Waals surface area contributed by atoms with E-state index in [1.807, 2.05) is 0 Å². The third-order valence-electron chi connectivity index (χ3n) is 7.99. The van der Waals surface area contributed by atoms with Crippen LogP contribution >= 0.6 is 0 Å². The molecule has 136 valence electrons. The van der Waals surface area contributed by atoms with Crippen LogP contribution in [0.4, 0.5) is 0 Å². The third kappa shape index (κ3) is 2.22. The van der Waals surface area contributed by atoms with E-state index in [1.54, 1.807) is 5.56 Å². The minimum atomic E-state index is -0.284. The van der Waals surface area contributed by atoms with E-state index in [-0.39, 0.29) is 17.8 Å². The quantitative estimate of drug-likeness (QED) is 0.888. The number of hydrogen-bond donors (Lipinski definition) is 1. The van der Waals surface area contributed by atoms with Crippen molar-refractivity contribution in [3.8, 4) is 0 Å². The fraction of sp³-hybridized carbons (Fsp3) is 0.727. The van der Waals surface area contributed by atoms with Gasteiger partial charge in [-0.2, -0.15) is 0 Å². The molecule has 0 radical (unpaired) electrons. The summed E-state index contributed by atoms with van der Waals surface area (Å²) in [6.45, 7) is 4.24. The van der Waals surface area contributed by atoms with E-state index >= 15 is 0 Å². The van der Waals surface area contributed by atoms with E-state index in [4.69, 9.17) is 9.47 Å². The lowest BCUT2D eigenvalue weighted by molar-refractivity contribution is -0.237. The van der Waals surface area contributed by atoms with Crippen molar-refractivity contribution in [3.05, 3.63) is 34.9 Å². The van der Waals surface area contributed by atoms with Gasteiger partial charge in [0.25, 0.3) is 0 Å². The van der Waals surface area contributed by atoms with E-state index in [1.165, 1.54) is 43.2 Å². The molecule has 25 heavy (non-hydrogen) atoms. The van der Waals surface area contributed by atoms with Gasteiger partial charge < -0.3 is 14.6 Å². The lowest BCUT2D eigenvalue weighted by Gasteiger charge is -2.52. The Balaban J connectivity index is 1.46. The topological polar surface area (TPSA) is 38.7 Å². The molecule has 2 saturated carbocycles. The van der Waals surface area contributed by atoms with E-state index in [9.17, 15) is 5.11 Å². The fourth-order valence-corrected chi connectivity index (χ4v) is 6.81. The Labute approximate surface area is 150 Å². The summed E-state index contributed by atoms with van der Waals surface area (Å²) in [4.78, 5) is 0. The van der Waals surface area contributed by atoms with Gasteiger partial charge in [0.05, 0.1) is 13.2 Å². The molecule has 1 N–H and O–H groups in total. The highest BCUT2D eigenvalue weighted by Crippen LogP contribution is 2.66. The normalized spacial score (nSPS) is 38.4. The van der Waals surface area contributed by atoms with E-state index in [0.717, 1.165) is 37.9 Å². The Kier molecular flexibility index (Phi) is 3.78. The number of rotatable bonds is 2. The number of ether oxygens (including phenoxy) is 2. The van der Waals surface area contributed by atoms with Crippen molar-refractivity contribution in [2.24, 2.45) is 17.3 Å². The highest BCUT2D eigenvalue weighted by molar-refractivity contribution is 5.38. The zero-order valence-electron chi connectivity index (χ0n) is 15.3. The first kappa shape index (κ1) is 16.3. The Bertz CT molecular complexity index is 663. The lowest BCUT2D eigenvalue weighted by atomic mass is 9.55. The number of aryl methyl sites for hydroxylation is 1. The van der Waals surface area contributed by atoms with E-state index < -0.39 is 0 Å². The Morgan fingerprint density at radius 2 is 1.96 bits per heavy atom. The highest BCUT2D eigenvalue weighted by Gasteiger charge is 2.64. The van der Waals surface area contributed by atoms with Crippen LogP contribution in [0, 0.1) is 17.3 Å². The first-order valence-electron chi connectivity index (χ1n) is 10.2. The van der Waals surface area contributed by atoms with Crippen LogP contribution in [0.5, 0.6) is 0 Å². The number of fused-ring (bicyclic) bond motifs is 6. The molecule has 1 aromatic carbocycles. The molecule has 0 amide bonds. The van der Waals surface area contributed by atoms with Gasteiger partial charge in [-0.3, -0.25) is 0 Å². The second kappa shape index (κ2) is 5.80. The van der Waals surface area contributed by atoms with Crippen LogP contribution < -0.4 is 0 Å². The number of benzene rings is 1. The summed E-state index contributed by atoms with van der Waals surface area (Å²) in [5.41, 5.74) is 4.61. The molecule has 1 heterocycles. The molecule has 3 nitrogen and oxygen atoms in total. The summed E-state index contributed by atoms with van der Waals surface area (Å²) in [7, 11) is 0. The van der Waals surface area contributed by atoms with Crippen molar-refractivity contribution in [1.29, 1.82) is 0 Å². The smallest absolute Gasteiger partial charge is 0.174 e. The van der Waals surface area contributed by atoms with Gasteiger partial charge in [-0.15, -0.1) is 0 Å². The summed E-state index contributed by atoms with van der Waals surface area (Å²) < 4.78 is 12.4. The lowest BCUT2D eigenvalue weighted by Crippen LogP contribution is -2.51. The maximum absolute atomic E-state index is 9.22. The van der Waals surface area contributed by atoms with Crippen LogP contribution in [0.3, 0.4) is 0 Å². The van der Waals surface area contributed by atoms with Gasteiger partial charge in [0.2, 0.25) is 0 Å². The van der Waals surface area contributed by atoms with Crippen molar-refractivity contribution in [1.82, 2.24) is 0 Å². The maximum Gasteiger partial charge on any atom is 0.174 e. The van der Waals surface area contributed by atoms with Gasteiger partial charge in [0, 0.05) is 18.4 Å². The van der Waals surface area contributed by atoms with Gasteiger partial charge in [0.15, 0.2) is 5.79 Å². The minimum Gasteiger partial charge on any atom is -0.396 e. The fourth-order valence-electron chi connectivity index (χ4n) is 6.81. The number of aliphatic hydroxyl groups is 1. The maximum atomic E-state index is 9.22. The van der Waals surface area contributed by atoms with Crippen LogP contribution in [0.15, 0.2) is 18.2 Å². The summed E-state index contributed by atoms with van der Waals surface area (Å²) in [6.07, 6.45) is 8.09. The third-order valence-corrected chi connectivity index (χ3v) is 7.99. The van der Waals surface area contributed by atoms with Crippen LogP contribution in [0.25, 0.3) is 0 Å². The molecule has 3 aliphatic carbocycles. The van der Waals surface area contributed by atoms with Crippen LogP contribution in [-0.4, -0.2) is 30.7 Å². The van der Waals surface area contributed by atoms with Gasteiger partial charge in [-0.25, -0.2) is 0 Å². The highest BCUT2D eigenvalue weighted by atomic mass is 16.7. The standard InChI is InChI=1S/C22H30O3/c1-21-9-6-18-17-4-2-15(8-11-23)14-16(17)3-5-19(18)20(21)7-10-22(21)24-12-13-25-22/h2,4,14,18-20,23H,3,5-13H2,1H3. The summed E-state index contributed by atoms with van der Waals surface area (Å²) in [5, 5.41) is 9.22. The molecule has 1 saturated heterocycles. The second-order valence-electron chi connectivity index (χ2n) is 8.87. The number of hydrogen-bond acceptors (Lipinski definition) is 3. The zero-order valence-corrected chi connectivity index (χ0v) is 15.3. The second-order valence-corrected chi connectivity index (χ2v) is 8.87. The van der Waals surface area contributed by atoms with Crippen molar-refractivity contribution in [2.75, 3.05) is 19.8 Å². The molecular weight excluding hydrogens is 312 g/mol. The zero-order chi connectivity index (χ0) is 17.1. The predicted molar refractivity (Wildman–Crippen MR) is 96.5 cm³/mol. The molecule has 5 rings (SSSR count). The van der Waals surface area contributed by atoms with Gasteiger partial charge in [-0.05, 0) is 73.0 Å². The molecule has 0 bridgehead atoms. The van der Waals surface area contributed by atoms with Crippen molar-refractivity contribution in [3.63, 3.8) is 0 Å². The molecule has 3 fully saturated rings. The first-order valence-corrected chi connectivity index (χ1v) is 10.2. The SMILES string of the molecule is CC12CCC3c4ccc(CCO)cc4CCC3C1CCC21OCCO1. The van der Waals surface area contributed by atoms with Crippen LogP contribution in [0.2, 0.25) is 0 Å². The molecule has 0 aromatic heterocycles. The van der Waals surface area contributed by atoms with Crippen LogP contribution in [-0.2, 0) is 22.3 Å². The molecule has 4 unspecified atom stereocenters. The van der Waals surface area contributed by atoms with E-state index in [0.29, 0.717) is 5.92 Å². The Hall–Kier alpha value is -0.900. The largest absolute Gasteiger partial charge is 0.396 e. The molecule has 4 atom stereocenters. The summed E-state index contributed by atoms with van der Waals surface area (Å²) in [5.74, 6) is 1.94. The summed E-state index contributed by atoms with van der Waals surface area (Å²) >= 11 is 0. The van der Waals surface area contributed by atoms with Crippen molar-refractivity contribution in [2.45, 2.75) is 63.6 Å². The molecule has 3 heteroatoms. The van der Waals surface area contributed by atoms with Gasteiger partial charge in [-0.1, -0.05) is 25.1 Å². The van der Waals surface area contributed by atoms with Crippen LogP contribution in [0.1, 0.15) is 61.6 Å². The molecule has 1 aromatic rings. The predicted octanol–water partition coefficient (Wildman–Crippen LogP) is 3.82. The molecule has 4 aliphatic rings. The van der Waals surface area contributed by atoms with Gasteiger partial charge >= 0.3 is 0 Å². The number of aliphatic hydroxyl groups excluding tert-OH is 1. The molecular formula is C22H30O3. The molecule has 1 aliphatic heterocycles. The Morgan fingerprint density at radius 3 is 2.76 bits per heavy atom. The van der Waals surface area contributed by atoms with E-state index in [2.05, 4.69) is 25.1 Å². The molecule has 1 spiro atoms. The minimum absolute atomic E-state index is 0.193.